The summed E-state index contributed by atoms with van der Waals surface area (Å²) in [5, 5.41) is 3.29. The van der Waals surface area contributed by atoms with Crippen LogP contribution in [0.1, 0.15) is 6.42 Å². The van der Waals surface area contributed by atoms with Gasteiger partial charge in [0.15, 0.2) is 0 Å². The normalized spacial score (nSPS) is 27.1. The standard InChI is InChI=1S/C9H19N3OS/c1-12(2)5-4-11-9(8(10)13)3-6-14-7-9/h11H,3-7H2,1-2H3,(H2,10,13). The van der Waals surface area contributed by atoms with Gasteiger partial charge in [-0.15, -0.1) is 0 Å². The molecule has 5 heteroatoms. The molecule has 1 atom stereocenters. The molecule has 1 aliphatic rings. The van der Waals surface area contributed by atoms with Crippen molar-refractivity contribution in [1.82, 2.24) is 10.2 Å². The Bertz CT molecular complexity index is 202. The number of rotatable bonds is 5. The number of hydrogen-bond acceptors (Lipinski definition) is 4. The first-order valence-corrected chi connectivity index (χ1v) is 6.00. The number of nitrogens with zero attached hydrogens (tertiary/aromatic N) is 1. The molecule has 1 fully saturated rings. The SMILES string of the molecule is CN(C)CCNC1(C(N)=O)CCSC1. The second kappa shape index (κ2) is 5.00. The summed E-state index contributed by atoms with van der Waals surface area (Å²) in [5.74, 6) is 1.63. The quantitative estimate of drug-likeness (QED) is 0.652. The van der Waals surface area contributed by atoms with Crippen LogP contribution >= 0.6 is 11.8 Å². The molecule has 14 heavy (non-hydrogen) atoms. The van der Waals surface area contributed by atoms with Gasteiger partial charge in [-0.25, -0.2) is 0 Å². The van der Waals surface area contributed by atoms with Crippen LogP contribution in [0.3, 0.4) is 0 Å². The lowest BCUT2D eigenvalue weighted by Crippen LogP contribution is -2.56. The van der Waals surface area contributed by atoms with E-state index in [-0.39, 0.29) is 5.91 Å². The summed E-state index contributed by atoms with van der Waals surface area (Å²) in [6, 6.07) is 0. The lowest BCUT2D eigenvalue weighted by molar-refractivity contribution is -0.123. The molecule has 82 valence electrons. The highest BCUT2D eigenvalue weighted by Gasteiger charge is 2.39. The summed E-state index contributed by atoms with van der Waals surface area (Å²) in [7, 11) is 4.03. The van der Waals surface area contributed by atoms with Crippen LogP contribution in [0, 0.1) is 0 Å². The number of hydrogen-bond donors (Lipinski definition) is 2. The first-order valence-electron chi connectivity index (χ1n) is 4.84. The van der Waals surface area contributed by atoms with Crippen molar-refractivity contribution in [1.29, 1.82) is 0 Å². The van der Waals surface area contributed by atoms with E-state index in [1.807, 2.05) is 14.1 Å². The highest BCUT2D eigenvalue weighted by Crippen LogP contribution is 2.27. The molecule has 1 aliphatic heterocycles. The molecule has 0 spiro atoms. The zero-order valence-corrected chi connectivity index (χ0v) is 9.69. The Balaban J connectivity index is 2.40. The van der Waals surface area contributed by atoms with E-state index in [0.717, 1.165) is 31.0 Å². The summed E-state index contributed by atoms with van der Waals surface area (Å²) in [4.78, 5) is 13.4. The van der Waals surface area contributed by atoms with E-state index < -0.39 is 5.54 Å². The summed E-state index contributed by atoms with van der Waals surface area (Å²) in [6.07, 6.45) is 0.862. The number of nitrogens with two attached hydrogens (primary N) is 1. The van der Waals surface area contributed by atoms with Gasteiger partial charge < -0.3 is 16.0 Å². The summed E-state index contributed by atoms with van der Waals surface area (Å²) in [6.45, 7) is 1.75. The molecule has 0 saturated carbocycles. The maximum absolute atomic E-state index is 11.3. The second-order valence-corrected chi connectivity index (χ2v) is 5.08. The molecule has 0 aromatic carbocycles. The highest BCUT2D eigenvalue weighted by atomic mass is 32.2. The lowest BCUT2D eigenvalue weighted by atomic mass is 9.98. The van der Waals surface area contributed by atoms with Gasteiger partial charge in [-0.1, -0.05) is 0 Å². The van der Waals surface area contributed by atoms with E-state index in [1.54, 1.807) is 11.8 Å². The van der Waals surface area contributed by atoms with E-state index in [9.17, 15) is 4.79 Å². The van der Waals surface area contributed by atoms with Gasteiger partial charge in [-0.2, -0.15) is 11.8 Å². The third-order valence-electron chi connectivity index (χ3n) is 2.52. The Morgan fingerprint density at radius 2 is 2.36 bits per heavy atom. The number of primary amides is 1. The van der Waals surface area contributed by atoms with E-state index in [4.69, 9.17) is 5.73 Å². The van der Waals surface area contributed by atoms with Crippen LogP contribution in [0.2, 0.25) is 0 Å². The average Bonchev–Trinajstić information content (AvgIpc) is 2.53. The molecular weight excluding hydrogens is 198 g/mol. The number of carbonyl (C=O) groups is 1. The van der Waals surface area contributed by atoms with Crippen LogP contribution in [0.15, 0.2) is 0 Å². The Morgan fingerprint density at radius 1 is 1.64 bits per heavy atom. The Labute approximate surface area is 89.6 Å². The smallest absolute Gasteiger partial charge is 0.238 e. The van der Waals surface area contributed by atoms with Crippen molar-refractivity contribution in [3.05, 3.63) is 0 Å². The molecule has 3 N–H and O–H groups in total. The van der Waals surface area contributed by atoms with Crippen LogP contribution in [0.25, 0.3) is 0 Å². The van der Waals surface area contributed by atoms with Crippen molar-refractivity contribution in [3.8, 4) is 0 Å². The Kier molecular flexibility index (Phi) is 4.22. The van der Waals surface area contributed by atoms with Gasteiger partial charge in [0.1, 0.15) is 5.54 Å². The van der Waals surface area contributed by atoms with Crippen LogP contribution in [0.4, 0.5) is 0 Å². The molecule has 0 aromatic heterocycles. The second-order valence-electron chi connectivity index (χ2n) is 3.98. The number of likely N-dealkylation sites (N-methyl/N-ethyl adjacent to an activating group) is 1. The molecular formula is C9H19N3OS. The molecule has 0 bridgehead atoms. The molecule has 1 amide bonds. The predicted octanol–water partition coefficient (Wildman–Crippen LogP) is -0.501. The van der Waals surface area contributed by atoms with Gasteiger partial charge in [0.2, 0.25) is 5.91 Å². The van der Waals surface area contributed by atoms with Gasteiger partial charge in [-0.3, -0.25) is 4.79 Å². The van der Waals surface area contributed by atoms with Crippen molar-refractivity contribution in [2.24, 2.45) is 5.73 Å². The third kappa shape index (κ3) is 2.87. The molecule has 0 aliphatic carbocycles. The van der Waals surface area contributed by atoms with E-state index in [0.29, 0.717) is 0 Å². The maximum Gasteiger partial charge on any atom is 0.238 e. The van der Waals surface area contributed by atoms with Crippen molar-refractivity contribution in [2.45, 2.75) is 12.0 Å². The topological polar surface area (TPSA) is 58.4 Å². The fourth-order valence-electron chi connectivity index (χ4n) is 1.50. The maximum atomic E-state index is 11.3. The van der Waals surface area contributed by atoms with Gasteiger partial charge >= 0.3 is 0 Å². The fourth-order valence-corrected chi connectivity index (χ4v) is 2.88. The summed E-state index contributed by atoms with van der Waals surface area (Å²) in [5.41, 5.74) is 4.98. The number of amides is 1. The van der Waals surface area contributed by atoms with Crippen molar-refractivity contribution >= 4 is 17.7 Å². The molecule has 1 rings (SSSR count). The van der Waals surface area contributed by atoms with E-state index in [2.05, 4.69) is 10.2 Å². The minimum absolute atomic E-state index is 0.207. The lowest BCUT2D eigenvalue weighted by Gasteiger charge is -2.26. The van der Waals surface area contributed by atoms with Crippen LogP contribution < -0.4 is 11.1 Å². The number of thioether (sulfide) groups is 1. The number of nitrogens with one attached hydrogen (secondary N) is 1. The van der Waals surface area contributed by atoms with Gasteiger partial charge in [0, 0.05) is 18.8 Å². The summed E-state index contributed by atoms with van der Waals surface area (Å²) < 4.78 is 0. The van der Waals surface area contributed by atoms with Crippen molar-refractivity contribution in [3.63, 3.8) is 0 Å². The average molecular weight is 217 g/mol. The van der Waals surface area contributed by atoms with Crippen molar-refractivity contribution in [2.75, 3.05) is 38.7 Å². The zero-order valence-electron chi connectivity index (χ0n) is 8.88. The third-order valence-corrected chi connectivity index (χ3v) is 3.71. The molecule has 1 unspecified atom stereocenters. The first kappa shape index (κ1) is 11.8. The zero-order chi connectivity index (χ0) is 10.6. The first-order chi connectivity index (χ1) is 6.57. The van der Waals surface area contributed by atoms with E-state index >= 15 is 0 Å². The van der Waals surface area contributed by atoms with Crippen molar-refractivity contribution < 1.29 is 4.79 Å². The largest absolute Gasteiger partial charge is 0.368 e. The molecule has 0 aromatic rings. The minimum atomic E-state index is -0.444. The molecule has 1 heterocycles. The van der Waals surface area contributed by atoms with Gasteiger partial charge in [0.05, 0.1) is 0 Å². The van der Waals surface area contributed by atoms with Crippen LogP contribution in [0.5, 0.6) is 0 Å². The number of carbonyl (C=O) groups excluding carboxylic acids is 1. The van der Waals surface area contributed by atoms with Gasteiger partial charge in [-0.05, 0) is 26.3 Å². The molecule has 0 radical (unpaired) electrons. The summed E-state index contributed by atoms with van der Waals surface area (Å²) >= 11 is 1.79. The van der Waals surface area contributed by atoms with E-state index in [1.165, 1.54) is 0 Å². The minimum Gasteiger partial charge on any atom is -0.368 e. The Morgan fingerprint density at radius 3 is 2.79 bits per heavy atom. The highest BCUT2D eigenvalue weighted by molar-refractivity contribution is 7.99. The molecule has 1 saturated heterocycles. The Hall–Kier alpha value is -0.260. The monoisotopic (exact) mass is 217 g/mol. The predicted molar refractivity (Wildman–Crippen MR) is 60.4 cm³/mol. The fraction of sp³-hybridized carbons (Fsp3) is 0.889. The molecule has 4 nitrogen and oxygen atoms in total. The van der Waals surface area contributed by atoms with Crippen LogP contribution in [-0.2, 0) is 4.79 Å². The van der Waals surface area contributed by atoms with Gasteiger partial charge in [0.25, 0.3) is 0 Å². The van der Waals surface area contributed by atoms with Crippen LogP contribution in [-0.4, -0.2) is 55.0 Å².